The summed E-state index contributed by atoms with van der Waals surface area (Å²) in [6.45, 7) is 2.89. The number of hydrogen-bond acceptors (Lipinski definition) is 5. The Balaban J connectivity index is 1.81. The van der Waals surface area contributed by atoms with Gasteiger partial charge in [-0.05, 0) is 36.2 Å². The Labute approximate surface area is 162 Å². The van der Waals surface area contributed by atoms with Crippen LogP contribution < -0.4 is 14.8 Å². The Morgan fingerprint density at radius 3 is 2.63 bits per heavy atom. The Kier molecular flexibility index (Phi) is 7.70. The third-order valence-corrected chi connectivity index (χ3v) is 3.80. The molecule has 0 unspecified atom stereocenters. The van der Waals surface area contributed by atoms with E-state index in [0.717, 1.165) is 5.56 Å². The lowest BCUT2D eigenvalue weighted by atomic mass is 10.1. The van der Waals surface area contributed by atoms with Crippen molar-refractivity contribution in [3.63, 3.8) is 0 Å². The summed E-state index contributed by atoms with van der Waals surface area (Å²) in [6.07, 6.45) is 2.47. The molecule has 0 atom stereocenters. The lowest BCUT2D eigenvalue weighted by molar-refractivity contribution is -0.149. The first-order chi connectivity index (χ1) is 13.0. The number of para-hydroxylation sites is 1. The van der Waals surface area contributed by atoms with Gasteiger partial charge in [0.15, 0.2) is 24.7 Å². The van der Waals surface area contributed by atoms with Crippen LogP contribution in [-0.4, -0.2) is 32.2 Å². The summed E-state index contributed by atoms with van der Waals surface area (Å²) in [5, 5.41) is 2.95. The Bertz CT molecular complexity index is 822. The number of nitrogens with one attached hydrogen (secondary N) is 1. The van der Waals surface area contributed by atoms with Crippen LogP contribution in [-0.2, 0) is 20.7 Å². The van der Waals surface area contributed by atoms with Gasteiger partial charge < -0.3 is 19.5 Å². The number of methoxy groups -OCH3 is 1. The van der Waals surface area contributed by atoms with E-state index in [9.17, 15) is 9.59 Å². The third kappa shape index (κ3) is 6.34. The topological polar surface area (TPSA) is 73.9 Å². The number of benzene rings is 2. The third-order valence-electron chi connectivity index (χ3n) is 3.47. The van der Waals surface area contributed by atoms with Crippen molar-refractivity contribution in [3.05, 3.63) is 65.7 Å². The predicted molar refractivity (Wildman–Crippen MR) is 103 cm³/mol. The number of amides is 1. The molecule has 0 radical (unpaired) electrons. The van der Waals surface area contributed by atoms with Crippen molar-refractivity contribution in [2.45, 2.75) is 6.42 Å². The molecule has 0 saturated carbocycles. The number of halogens is 1. The van der Waals surface area contributed by atoms with Crippen LogP contribution in [0.25, 0.3) is 0 Å². The molecule has 0 spiro atoms. The van der Waals surface area contributed by atoms with Gasteiger partial charge in [-0.15, -0.1) is 6.58 Å². The van der Waals surface area contributed by atoms with E-state index in [1.54, 1.807) is 42.5 Å². The molecule has 27 heavy (non-hydrogen) atoms. The van der Waals surface area contributed by atoms with Crippen LogP contribution in [0.1, 0.15) is 5.56 Å². The highest BCUT2D eigenvalue weighted by molar-refractivity contribution is 6.33. The van der Waals surface area contributed by atoms with Crippen LogP contribution in [0.3, 0.4) is 0 Å². The molecule has 7 heteroatoms. The molecule has 1 N–H and O–H groups in total. The second-order valence-corrected chi connectivity index (χ2v) is 5.86. The summed E-state index contributed by atoms with van der Waals surface area (Å²) in [7, 11) is 1.51. The lowest BCUT2D eigenvalue weighted by Gasteiger charge is -2.12. The molecule has 1 amide bonds. The molecule has 142 valence electrons. The average molecular weight is 390 g/mol. The number of rotatable bonds is 9. The Morgan fingerprint density at radius 2 is 1.93 bits per heavy atom. The maximum atomic E-state index is 11.8. The van der Waals surface area contributed by atoms with E-state index in [2.05, 4.69) is 11.9 Å². The summed E-state index contributed by atoms with van der Waals surface area (Å²) in [6, 6.07) is 12.1. The maximum absolute atomic E-state index is 11.8. The van der Waals surface area contributed by atoms with E-state index in [4.69, 9.17) is 25.8 Å². The highest BCUT2D eigenvalue weighted by atomic mass is 35.5. The minimum Gasteiger partial charge on any atom is -0.493 e. The van der Waals surface area contributed by atoms with Crippen molar-refractivity contribution in [1.82, 2.24) is 0 Å². The van der Waals surface area contributed by atoms with Gasteiger partial charge in [0.1, 0.15) is 0 Å². The minimum atomic E-state index is -0.679. The fraction of sp³-hybridized carbons (Fsp3) is 0.200. The maximum Gasteiger partial charge on any atom is 0.344 e. The first kappa shape index (κ1) is 20.3. The molecule has 0 bridgehead atoms. The van der Waals surface area contributed by atoms with Gasteiger partial charge in [-0.2, -0.15) is 0 Å². The number of ether oxygens (including phenoxy) is 3. The van der Waals surface area contributed by atoms with Crippen LogP contribution in [0, 0.1) is 0 Å². The van der Waals surface area contributed by atoms with Gasteiger partial charge in [0.05, 0.1) is 17.8 Å². The predicted octanol–water partition coefficient (Wildman–Crippen LogP) is 3.64. The van der Waals surface area contributed by atoms with E-state index in [1.165, 1.54) is 7.11 Å². The molecule has 6 nitrogen and oxygen atoms in total. The highest BCUT2D eigenvalue weighted by Gasteiger charge is 2.12. The van der Waals surface area contributed by atoms with Crippen molar-refractivity contribution in [2.24, 2.45) is 0 Å². The van der Waals surface area contributed by atoms with Gasteiger partial charge in [0, 0.05) is 0 Å². The summed E-state index contributed by atoms with van der Waals surface area (Å²) in [5.74, 6) is -0.272. The van der Waals surface area contributed by atoms with Gasteiger partial charge in [-0.1, -0.05) is 35.9 Å². The zero-order chi connectivity index (χ0) is 19.6. The summed E-state index contributed by atoms with van der Waals surface area (Å²) >= 11 is 5.95. The monoisotopic (exact) mass is 389 g/mol. The largest absolute Gasteiger partial charge is 0.493 e. The smallest absolute Gasteiger partial charge is 0.344 e. The zero-order valence-corrected chi connectivity index (χ0v) is 15.6. The van der Waals surface area contributed by atoms with Crippen LogP contribution >= 0.6 is 11.6 Å². The molecule has 0 aliphatic carbocycles. The second kappa shape index (κ2) is 10.2. The summed E-state index contributed by atoms with van der Waals surface area (Å²) < 4.78 is 15.6. The minimum absolute atomic E-state index is 0.351. The average Bonchev–Trinajstić information content (AvgIpc) is 2.67. The van der Waals surface area contributed by atoms with Gasteiger partial charge in [0.2, 0.25) is 0 Å². The normalized spacial score (nSPS) is 10.0. The van der Waals surface area contributed by atoms with Crippen LogP contribution in [0.5, 0.6) is 11.5 Å². The highest BCUT2D eigenvalue weighted by Crippen LogP contribution is 2.28. The number of carbonyl (C=O) groups excluding carboxylic acids is 2. The fourth-order valence-corrected chi connectivity index (χ4v) is 2.38. The number of allylic oxidation sites excluding steroid dienone is 1. The quantitative estimate of drug-likeness (QED) is 0.523. The number of carbonyl (C=O) groups is 2. The molecule has 2 aromatic rings. The first-order valence-corrected chi connectivity index (χ1v) is 8.52. The number of hydrogen-bond donors (Lipinski definition) is 1. The van der Waals surface area contributed by atoms with Crippen LogP contribution in [0.2, 0.25) is 5.02 Å². The van der Waals surface area contributed by atoms with E-state index in [0.29, 0.717) is 28.6 Å². The van der Waals surface area contributed by atoms with Gasteiger partial charge in [0.25, 0.3) is 5.91 Å². The molecule has 0 fully saturated rings. The SMILES string of the molecule is C=CCc1ccc(OCC(=O)OCC(=O)Nc2ccccc2Cl)c(OC)c1. The zero-order valence-electron chi connectivity index (χ0n) is 14.9. The van der Waals surface area contributed by atoms with Crippen molar-refractivity contribution < 1.29 is 23.8 Å². The Morgan fingerprint density at radius 1 is 1.15 bits per heavy atom. The van der Waals surface area contributed by atoms with Crippen LogP contribution in [0.15, 0.2) is 55.1 Å². The molecular formula is C20H20ClNO5. The standard InChI is InChI=1S/C20H20ClNO5/c1-3-6-14-9-10-17(18(11-14)25-2)26-13-20(24)27-12-19(23)22-16-8-5-4-7-15(16)21/h3-5,7-11H,1,6,12-13H2,2H3,(H,22,23). The molecule has 0 aliphatic rings. The molecule has 0 aliphatic heterocycles. The molecule has 2 aromatic carbocycles. The number of esters is 1. The summed E-state index contributed by atoms with van der Waals surface area (Å²) in [4.78, 5) is 23.6. The van der Waals surface area contributed by atoms with Crippen molar-refractivity contribution in [1.29, 1.82) is 0 Å². The number of anilines is 1. The molecule has 2 rings (SSSR count). The lowest BCUT2D eigenvalue weighted by Crippen LogP contribution is -2.23. The fourth-order valence-electron chi connectivity index (χ4n) is 2.20. The molecule has 0 saturated heterocycles. The van der Waals surface area contributed by atoms with Crippen LogP contribution in [0.4, 0.5) is 5.69 Å². The molecular weight excluding hydrogens is 370 g/mol. The molecule has 0 heterocycles. The van der Waals surface area contributed by atoms with Gasteiger partial charge >= 0.3 is 5.97 Å². The molecule has 0 aromatic heterocycles. The second-order valence-electron chi connectivity index (χ2n) is 5.46. The van der Waals surface area contributed by atoms with E-state index < -0.39 is 18.5 Å². The Hall–Kier alpha value is -2.99. The van der Waals surface area contributed by atoms with Crippen molar-refractivity contribution in [2.75, 3.05) is 25.6 Å². The summed E-state index contributed by atoms with van der Waals surface area (Å²) in [5.41, 5.74) is 1.45. The van der Waals surface area contributed by atoms with E-state index in [-0.39, 0.29) is 6.61 Å². The van der Waals surface area contributed by atoms with Crippen molar-refractivity contribution in [3.8, 4) is 11.5 Å². The van der Waals surface area contributed by atoms with Gasteiger partial charge in [-0.3, -0.25) is 4.79 Å². The van der Waals surface area contributed by atoms with Gasteiger partial charge in [-0.25, -0.2) is 4.79 Å². The van der Waals surface area contributed by atoms with E-state index >= 15 is 0 Å². The first-order valence-electron chi connectivity index (χ1n) is 8.14. The van der Waals surface area contributed by atoms with Crippen molar-refractivity contribution >= 4 is 29.2 Å². The van der Waals surface area contributed by atoms with E-state index in [1.807, 2.05) is 6.07 Å².